The fourth-order valence-corrected chi connectivity index (χ4v) is 1.76. The number of amides is 1. The number of hydrogen-bond acceptors (Lipinski definition) is 2. The number of rotatable bonds is 1. The lowest BCUT2D eigenvalue weighted by Gasteiger charge is -2.47. The monoisotopic (exact) mass is 186 g/mol. The standard InChI is InChI=1S/C9H18N2O2/c1-9(2,3)11(8(12)13)7-5-4-6(7)10/h6-7H,4-5,10H2,1-3H3,(H,12,13). The van der Waals surface area contributed by atoms with Crippen molar-refractivity contribution in [2.75, 3.05) is 0 Å². The second-order valence-electron chi connectivity index (χ2n) is 4.63. The van der Waals surface area contributed by atoms with Crippen LogP contribution in [-0.2, 0) is 0 Å². The molecule has 2 atom stereocenters. The smallest absolute Gasteiger partial charge is 0.408 e. The van der Waals surface area contributed by atoms with Crippen molar-refractivity contribution in [3.05, 3.63) is 0 Å². The second-order valence-corrected chi connectivity index (χ2v) is 4.63. The average Bonchev–Trinajstić information content (AvgIpc) is 1.93. The van der Waals surface area contributed by atoms with E-state index in [2.05, 4.69) is 0 Å². The van der Waals surface area contributed by atoms with Gasteiger partial charge in [0, 0.05) is 11.6 Å². The fraction of sp³-hybridized carbons (Fsp3) is 0.889. The van der Waals surface area contributed by atoms with Gasteiger partial charge in [-0.15, -0.1) is 0 Å². The molecule has 0 bridgehead atoms. The largest absolute Gasteiger partial charge is 0.465 e. The first-order valence-electron chi connectivity index (χ1n) is 4.62. The third kappa shape index (κ3) is 1.94. The molecule has 0 heterocycles. The highest BCUT2D eigenvalue weighted by Gasteiger charge is 2.40. The van der Waals surface area contributed by atoms with Crippen LogP contribution in [0.25, 0.3) is 0 Å². The molecule has 0 aromatic heterocycles. The molecule has 1 amide bonds. The van der Waals surface area contributed by atoms with Gasteiger partial charge in [0.05, 0.1) is 6.04 Å². The van der Waals surface area contributed by atoms with E-state index in [1.54, 1.807) is 0 Å². The molecule has 76 valence electrons. The van der Waals surface area contributed by atoms with E-state index in [0.29, 0.717) is 0 Å². The summed E-state index contributed by atoms with van der Waals surface area (Å²) in [6, 6.07) is 0.0350. The van der Waals surface area contributed by atoms with Crippen molar-refractivity contribution in [1.29, 1.82) is 0 Å². The van der Waals surface area contributed by atoms with Gasteiger partial charge in [0.15, 0.2) is 0 Å². The Bertz CT molecular complexity index is 210. The molecule has 4 heteroatoms. The van der Waals surface area contributed by atoms with Gasteiger partial charge in [0.1, 0.15) is 0 Å². The van der Waals surface area contributed by atoms with Crippen LogP contribution in [0.4, 0.5) is 4.79 Å². The minimum atomic E-state index is -0.868. The van der Waals surface area contributed by atoms with Gasteiger partial charge >= 0.3 is 6.09 Å². The molecule has 1 rings (SSSR count). The van der Waals surface area contributed by atoms with Crippen molar-refractivity contribution in [1.82, 2.24) is 4.90 Å². The van der Waals surface area contributed by atoms with Crippen molar-refractivity contribution < 1.29 is 9.90 Å². The van der Waals surface area contributed by atoms with Crippen LogP contribution in [0.1, 0.15) is 33.6 Å². The number of carboxylic acid groups (broad SMARTS) is 1. The Morgan fingerprint density at radius 2 is 2.00 bits per heavy atom. The van der Waals surface area contributed by atoms with Crippen LogP contribution in [0.15, 0.2) is 0 Å². The molecule has 4 nitrogen and oxygen atoms in total. The molecule has 0 saturated heterocycles. The van der Waals surface area contributed by atoms with E-state index < -0.39 is 6.09 Å². The average molecular weight is 186 g/mol. The molecular formula is C9H18N2O2. The third-order valence-corrected chi connectivity index (χ3v) is 2.55. The topological polar surface area (TPSA) is 66.6 Å². The van der Waals surface area contributed by atoms with Gasteiger partial charge < -0.3 is 10.8 Å². The highest BCUT2D eigenvalue weighted by Crippen LogP contribution is 2.29. The normalized spacial score (nSPS) is 28.0. The molecule has 0 aliphatic heterocycles. The van der Waals surface area contributed by atoms with E-state index in [1.807, 2.05) is 20.8 Å². The van der Waals surface area contributed by atoms with Gasteiger partial charge in [-0.25, -0.2) is 4.79 Å². The number of hydrogen-bond donors (Lipinski definition) is 2. The van der Waals surface area contributed by atoms with E-state index in [1.165, 1.54) is 4.90 Å². The Balaban J connectivity index is 2.74. The Morgan fingerprint density at radius 3 is 2.08 bits per heavy atom. The van der Waals surface area contributed by atoms with E-state index in [9.17, 15) is 4.79 Å². The summed E-state index contributed by atoms with van der Waals surface area (Å²) in [7, 11) is 0. The summed E-state index contributed by atoms with van der Waals surface area (Å²) in [6.07, 6.45) is 0.961. The third-order valence-electron chi connectivity index (χ3n) is 2.55. The lowest BCUT2D eigenvalue weighted by molar-refractivity contribution is 0.0311. The van der Waals surface area contributed by atoms with Crippen LogP contribution in [0.3, 0.4) is 0 Å². The summed E-state index contributed by atoms with van der Waals surface area (Å²) in [5.41, 5.74) is 5.40. The Labute approximate surface area is 78.7 Å². The van der Waals surface area contributed by atoms with E-state index >= 15 is 0 Å². The molecule has 0 spiro atoms. The van der Waals surface area contributed by atoms with E-state index in [0.717, 1.165) is 12.8 Å². The van der Waals surface area contributed by atoms with E-state index in [4.69, 9.17) is 10.8 Å². The van der Waals surface area contributed by atoms with Crippen LogP contribution < -0.4 is 5.73 Å². The van der Waals surface area contributed by atoms with Crippen molar-refractivity contribution in [3.63, 3.8) is 0 Å². The van der Waals surface area contributed by atoms with Crippen molar-refractivity contribution >= 4 is 6.09 Å². The zero-order valence-corrected chi connectivity index (χ0v) is 8.45. The molecule has 1 fully saturated rings. The van der Waals surface area contributed by atoms with Gasteiger partial charge in [0.2, 0.25) is 0 Å². The first kappa shape index (κ1) is 10.3. The molecule has 1 saturated carbocycles. The number of carbonyl (C=O) groups is 1. The van der Waals surface area contributed by atoms with Crippen molar-refractivity contribution in [2.24, 2.45) is 5.73 Å². The molecule has 3 N–H and O–H groups in total. The van der Waals surface area contributed by atoms with Gasteiger partial charge in [0.25, 0.3) is 0 Å². The van der Waals surface area contributed by atoms with Crippen LogP contribution in [0.5, 0.6) is 0 Å². The summed E-state index contributed by atoms with van der Waals surface area (Å²) in [4.78, 5) is 12.5. The molecule has 0 radical (unpaired) electrons. The number of nitrogens with two attached hydrogens (primary N) is 1. The molecule has 2 unspecified atom stereocenters. The second kappa shape index (κ2) is 3.18. The zero-order valence-electron chi connectivity index (χ0n) is 8.45. The SMILES string of the molecule is CC(C)(C)N(C(=O)O)C1CCC1N. The van der Waals surface area contributed by atoms with Crippen molar-refractivity contribution in [2.45, 2.75) is 51.2 Å². The predicted octanol–water partition coefficient (Wildman–Crippen LogP) is 1.25. The number of nitrogens with zero attached hydrogens (tertiary/aromatic N) is 1. The van der Waals surface area contributed by atoms with Crippen molar-refractivity contribution in [3.8, 4) is 0 Å². The molecular weight excluding hydrogens is 168 g/mol. The molecule has 13 heavy (non-hydrogen) atoms. The first-order valence-corrected chi connectivity index (χ1v) is 4.62. The van der Waals surface area contributed by atoms with Crippen LogP contribution >= 0.6 is 0 Å². The Hall–Kier alpha value is -0.770. The minimum absolute atomic E-state index is 0.0116. The van der Waals surface area contributed by atoms with Crippen LogP contribution in [0, 0.1) is 0 Å². The summed E-state index contributed by atoms with van der Waals surface area (Å²) < 4.78 is 0. The quantitative estimate of drug-likeness (QED) is 0.647. The van der Waals surface area contributed by atoms with Gasteiger partial charge in [-0.2, -0.15) is 0 Å². The first-order chi connectivity index (χ1) is 5.84. The zero-order chi connectivity index (χ0) is 10.2. The maximum absolute atomic E-state index is 11.0. The summed E-state index contributed by atoms with van der Waals surface area (Å²) in [5.74, 6) is 0. The summed E-state index contributed by atoms with van der Waals surface area (Å²) in [5, 5.41) is 9.03. The van der Waals surface area contributed by atoms with Crippen LogP contribution in [-0.4, -0.2) is 33.7 Å². The minimum Gasteiger partial charge on any atom is -0.465 e. The summed E-state index contributed by atoms with van der Waals surface area (Å²) >= 11 is 0. The van der Waals surface area contributed by atoms with Gasteiger partial charge in [-0.05, 0) is 33.6 Å². The highest BCUT2D eigenvalue weighted by molar-refractivity contribution is 5.66. The predicted molar refractivity (Wildman–Crippen MR) is 50.6 cm³/mol. The van der Waals surface area contributed by atoms with Crippen LogP contribution in [0.2, 0.25) is 0 Å². The van der Waals surface area contributed by atoms with Gasteiger partial charge in [-0.3, -0.25) is 4.90 Å². The van der Waals surface area contributed by atoms with E-state index in [-0.39, 0.29) is 17.6 Å². The molecule has 1 aliphatic rings. The lowest BCUT2D eigenvalue weighted by Crippen LogP contribution is -2.62. The maximum Gasteiger partial charge on any atom is 0.408 e. The molecule has 0 aromatic carbocycles. The lowest BCUT2D eigenvalue weighted by atomic mass is 9.83. The highest BCUT2D eigenvalue weighted by atomic mass is 16.4. The fourth-order valence-electron chi connectivity index (χ4n) is 1.76. The maximum atomic E-state index is 11.0. The Kier molecular flexibility index (Phi) is 2.52. The Morgan fingerprint density at radius 1 is 1.46 bits per heavy atom. The summed E-state index contributed by atoms with van der Waals surface area (Å²) in [6.45, 7) is 5.68. The molecule has 0 aromatic rings. The van der Waals surface area contributed by atoms with Gasteiger partial charge in [-0.1, -0.05) is 0 Å². The molecule has 1 aliphatic carbocycles.